The number of allylic oxidation sites excluding steroid dienone is 1. The molecule has 1 aliphatic rings. The molecule has 0 N–H and O–H groups in total. The van der Waals surface area contributed by atoms with Crippen LogP contribution >= 0.6 is 11.8 Å². The molecule has 0 amide bonds. The Kier molecular flexibility index (Phi) is 2.84. The number of carbonyl (C=O) groups excluding carboxylic acids is 1. The third-order valence-corrected chi connectivity index (χ3v) is 3.89. The molecule has 3 heteroatoms. The van der Waals surface area contributed by atoms with E-state index in [0.717, 1.165) is 16.8 Å². The molecule has 1 aliphatic heterocycles. The lowest BCUT2D eigenvalue weighted by atomic mass is 10.1. The third kappa shape index (κ3) is 1.91. The Bertz CT molecular complexity index is 622. The van der Waals surface area contributed by atoms with Gasteiger partial charge in [-0.1, -0.05) is 12.1 Å². The molecule has 1 aromatic carbocycles. The van der Waals surface area contributed by atoms with Gasteiger partial charge in [0, 0.05) is 16.7 Å². The number of fused-ring (bicyclic) bond motifs is 1. The van der Waals surface area contributed by atoms with Crippen molar-refractivity contribution in [1.29, 1.82) is 0 Å². The average Bonchev–Trinajstić information content (AvgIpc) is 2.95. The Labute approximate surface area is 110 Å². The fourth-order valence-electron chi connectivity index (χ4n) is 2.19. The lowest BCUT2D eigenvalue weighted by Gasteiger charge is -1.99. The molecule has 2 aromatic rings. The Morgan fingerprint density at radius 2 is 2.00 bits per heavy atom. The van der Waals surface area contributed by atoms with Gasteiger partial charge in [-0.25, -0.2) is 0 Å². The van der Waals surface area contributed by atoms with Crippen molar-refractivity contribution in [2.75, 3.05) is 6.26 Å². The van der Waals surface area contributed by atoms with Crippen LogP contribution in [0, 0.1) is 0 Å². The zero-order chi connectivity index (χ0) is 12.5. The van der Waals surface area contributed by atoms with E-state index in [0.29, 0.717) is 6.54 Å². The Hall–Kier alpha value is -1.74. The quantitative estimate of drug-likeness (QED) is 0.605. The molecule has 0 atom stereocenters. The number of Topliss-reactive ketones (excluding diaryl/α,β-unsaturated/α-hetero) is 1. The van der Waals surface area contributed by atoms with E-state index < -0.39 is 0 Å². The second kappa shape index (κ2) is 4.50. The minimum Gasteiger partial charge on any atom is -0.340 e. The number of hydrogen-bond donors (Lipinski definition) is 0. The summed E-state index contributed by atoms with van der Waals surface area (Å²) < 4.78 is 1.99. The number of rotatable bonds is 2. The molecule has 1 aromatic heterocycles. The van der Waals surface area contributed by atoms with Crippen LogP contribution in [0.4, 0.5) is 0 Å². The monoisotopic (exact) mass is 255 g/mol. The summed E-state index contributed by atoms with van der Waals surface area (Å²) in [5, 5.41) is 0. The first kappa shape index (κ1) is 11.4. The van der Waals surface area contributed by atoms with Crippen LogP contribution < -0.4 is 0 Å². The lowest BCUT2D eigenvalue weighted by Crippen LogP contribution is -1.94. The summed E-state index contributed by atoms with van der Waals surface area (Å²) in [4.78, 5) is 13.3. The zero-order valence-corrected chi connectivity index (χ0v) is 10.9. The standard InChI is InChI=1S/C15H13NOS/c1-18-13-6-4-11(5-7-13)9-12-10-16-8-2-3-14(16)15(12)17/h2-9H,10H2,1H3/b12-9+. The summed E-state index contributed by atoms with van der Waals surface area (Å²) in [6.07, 6.45) is 5.99. The topological polar surface area (TPSA) is 22.0 Å². The van der Waals surface area contributed by atoms with E-state index >= 15 is 0 Å². The molecule has 0 radical (unpaired) electrons. The van der Waals surface area contributed by atoms with Crippen LogP contribution in [0.25, 0.3) is 6.08 Å². The second-order valence-electron chi connectivity index (χ2n) is 4.29. The number of benzene rings is 1. The van der Waals surface area contributed by atoms with Crippen LogP contribution in [0.3, 0.4) is 0 Å². The first-order valence-electron chi connectivity index (χ1n) is 5.82. The predicted molar refractivity (Wildman–Crippen MR) is 75.0 cm³/mol. The van der Waals surface area contributed by atoms with Gasteiger partial charge in [-0.3, -0.25) is 4.79 Å². The molecule has 2 nitrogen and oxygen atoms in total. The van der Waals surface area contributed by atoms with E-state index in [1.54, 1.807) is 11.8 Å². The predicted octanol–water partition coefficient (Wildman–Crippen LogP) is 3.49. The number of ketones is 1. The zero-order valence-electron chi connectivity index (χ0n) is 10.1. The van der Waals surface area contributed by atoms with Gasteiger partial charge in [0.2, 0.25) is 5.78 Å². The van der Waals surface area contributed by atoms with Gasteiger partial charge in [0.1, 0.15) is 0 Å². The lowest BCUT2D eigenvalue weighted by molar-refractivity contribution is 0.103. The summed E-state index contributed by atoms with van der Waals surface area (Å²) in [6, 6.07) is 12.1. The third-order valence-electron chi connectivity index (χ3n) is 3.15. The van der Waals surface area contributed by atoms with Crippen molar-refractivity contribution in [3.63, 3.8) is 0 Å². The van der Waals surface area contributed by atoms with E-state index in [4.69, 9.17) is 0 Å². The molecule has 0 spiro atoms. The van der Waals surface area contributed by atoms with Crippen LogP contribution in [0.15, 0.2) is 53.1 Å². The van der Waals surface area contributed by atoms with Crippen LogP contribution in [0.1, 0.15) is 16.1 Å². The molecule has 2 heterocycles. The van der Waals surface area contributed by atoms with Crippen molar-refractivity contribution in [3.05, 3.63) is 59.4 Å². The molecular weight excluding hydrogens is 242 g/mol. The van der Waals surface area contributed by atoms with Gasteiger partial charge in [-0.15, -0.1) is 11.8 Å². The normalized spacial score (nSPS) is 16.3. The van der Waals surface area contributed by atoms with Gasteiger partial charge in [-0.2, -0.15) is 0 Å². The van der Waals surface area contributed by atoms with E-state index in [1.165, 1.54) is 4.90 Å². The van der Waals surface area contributed by atoms with E-state index in [2.05, 4.69) is 30.5 Å². The molecule has 3 rings (SSSR count). The first-order valence-corrected chi connectivity index (χ1v) is 7.05. The summed E-state index contributed by atoms with van der Waals surface area (Å²) in [5.41, 5.74) is 2.74. The molecular formula is C15H13NOS. The molecule has 0 unspecified atom stereocenters. The molecule has 0 saturated carbocycles. The van der Waals surface area contributed by atoms with Gasteiger partial charge >= 0.3 is 0 Å². The Balaban J connectivity index is 1.89. The summed E-state index contributed by atoms with van der Waals surface area (Å²) in [6.45, 7) is 0.686. The minimum atomic E-state index is 0.147. The fourth-order valence-corrected chi connectivity index (χ4v) is 2.60. The number of thioether (sulfide) groups is 1. The second-order valence-corrected chi connectivity index (χ2v) is 5.17. The average molecular weight is 255 g/mol. The van der Waals surface area contributed by atoms with Crippen molar-refractivity contribution in [3.8, 4) is 0 Å². The van der Waals surface area contributed by atoms with Gasteiger partial charge in [-0.05, 0) is 42.2 Å². The summed E-state index contributed by atoms with van der Waals surface area (Å²) in [5.74, 6) is 0.147. The summed E-state index contributed by atoms with van der Waals surface area (Å²) >= 11 is 1.72. The highest BCUT2D eigenvalue weighted by Gasteiger charge is 2.23. The van der Waals surface area contributed by atoms with Crippen molar-refractivity contribution in [1.82, 2.24) is 4.57 Å². The smallest absolute Gasteiger partial charge is 0.207 e. The molecule has 0 fully saturated rings. The molecule has 0 bridgehead atoms. The first-order chi connectivity index (χ1) is 8.78. The van der Waals surface area contributed by atoms with E-state index in [1.807, 2.05) is 29.0 Å². The Morgan fingerprint density at radius 1 is 1.22 bits per heavy atom. The van der Waals surface area contributed by atoms with Gasteiger partial charge < -0.3 is 4.57 Å². The highest BCUT2D eigenvalue weighted by molar-refractivity contribution is 7.98. The number of nitrogens with zero attached hydrogens (tertiary/aromatic N) is 1. The maximum Gasteiger partial charge on any atom is 0.207 e. The molecule has 90 valence electrons. The van der Waals surface area contributed by atoms with Gasteiger partial charge in [0.05, 0.1) is 12.2 Å². The number of hydrogen-bond acceptors (Lipinski definition) is 2. The molecule has 18 heavy (non-hydrogen) atoms. The van der Waals surface area contributed by atoms with Gasteiger partial charge in [0.25, 0.3) is 0 Å². The largest absolute Gasteiger partial charge is 0.340 e. The highest BCUT2D eigenvalue weighted by Crippen LogP contribution is 2.23. The van der Waals surface area contributed by atoms with Crippen LogP contribution in [0.2, 0.25) is 0 Å². The minimum absolute atomic E-state index is 0.147. The molecule has 0 saturated heterocycles. The summed E-state index contributed by atoms with van der Waals surface area (Å²) in [7, 11) is 0. The number of carbonyl (C=O) groups is 1. The Morgan fingerprint density at radius 3 is 2.67 bits per heavy atom. The molecule has 0 aliphatic carbocycles. The van der Waals surface area contributed by atoms with E-state index in [-0.39, 0.29) is 5.78 Å². The SMILES string of the molecule is CSc1ccc(/C=C2\Cn3cccc3C2=O)cc1. The maximum absolute atomic E-state index is 12.1. The van der Waals surface area contributed by atoms with Crippen molar-refractivity contribution < 1.29 is 4.79 Å². The van der Waals surface area contributed by atoms with E-state index in [9.17, 15) is 4.79 Å². The van der Waals surface area contributed by atoms with Crippen molar-refractivity contribution in [2.45, 2.75) is 11.4 Å². The highest BCUT2D eigenvalue weighted by atomic mass is 32.2. The van der Waals surface area contributed by atoms with Gasteiger partial charge in [0.15, 0.2) is 0 Å². The fraction of sp³-hybridized carbons (Fsp3) is 0.133. The maximum atomic E-state index is 12.1. The van der Waals surface area contributed by atoms with Crippen molar-refractivity contribution >= 4 is 23.6 Å². The van der Waals surface area contributed by atoms with Crippen molar-refractivity contribution in [2.24, 2.45) is 0 Å². The van der Waals surface area contributed by atoms with Crippen LogP contribution in [-0.2, 0) is 6.54 Å². The van der Waals surface area contributed by atoms with Crippen LogP contribution in [-0.4, -0.2) is 16.6 Å². The van der Waals surface area contributed by atoms with Crippen LogP contribution in [0.5, 0.6) is 0 Å². The number of aromatic nitrogens is 1.